The van der Waals surface area contributed by atoms with Crippen LogP contribution in [0, 0.1) is 0 Å². The molecule has 25 heavy (non-hydrogen) atoms. The first-order chi connectivity index (χ1) is 11.1. The van der Waals surface area contributed by atoms with Crippen LogP contribution in [0.1, 0.15) is 31.1 Å². The van der Waals surface area contributed by atoms with E-state index in [4.69, 9.17) is 4.74 Å². The molecule has 0 unspecified atom stereocenters. The number of aliphatic hydroxyl groups excluding tert-OH is 1. The summed E-state index contributed by atoms with van der Waals surface area (Å²) in [6, 6.07) is 1.27. The maximum atomic E-state index is 13.8. The van der Waals surface area contributed by atoms with Crippen molar-refractivity contribution in [3.05, 3.63) is 23.3 Å². The fraction of sp³-hybridized carbons (Fsp3) is 0.571. The van der Waals surface area contributed by atoms with Crippen molar-refractivity contribution in [3.63, 3.8) is 0 Å². The van der Waals surface area contributed by atoms with Gasteiger partial charge in [0, 0.05) is 17.5 Å². The van der Waals surface area contributed by atoms with E-state index in [-0.39, 0.29) is 12.4 Å². The van der Waals surface area contributed by atoms with Gasteiger partial charge in [-0.1, -0.05) is 0 Å². The summed E-state index contributed by atoms with van der Waals surface area (Å²) in [6.07, 6.45) is -3.91. The summed E-state index contributed by atoms with van der Waals surface area (Å²) in [4.78, 5) is -1.43. The van der Waals surface area contributed by atoms with Crippen molar-refractivity contribution in [2.45, 2.75) is 48.3 Å². The average molecular weight is 390 g/mol. The van der Waals surface area contributed by atoms with Crippen LogP contribution in [-0.4, -0.2) is 42.3 Å². The molecule has 2 rings (SSSR count). The highest BCUT2D eigenvalue weighted by Crippen LogP contribution is 2.50. The van der Waals surface area contributed by atoms with Gasteiger partial charge in [-0.15, -0.1) is 0 Å². The summed E-state index contributed by atoms with van der Waals surface area (Å²) in [7, 11) is -5.94. The number of rotatable bonds is 4. The number of alkyl halides is 5. The number of sulfone groups is 1. The third-order valence-electron chi connectivity index (χ3n) is 3.54. The Morgan fingerprint density at radius 3 is 2.32 bits per heavy atom. The van der Waals surface area contributed by atoms with Crippen molar-refractivity contribution < 1.29 is 45.3 Å². The molecule has 1 aliphatic rings. The Bertz CT molecular complexity index is 780. The molecule has 1 aliphatic carbocycles. The SMILES string of the molecule is CC(C)(O)COc1ccc(S(=O)(=O)C(F)(F)F)c2c1CC(F)(F)[C@H]2O. The van der Waals surface area contributed by atoms with Crippen LogP contribution in [0.3, 0.4) is 0 Å². The van der Waals surface area contributed by atoms with Crippen LogP contribution in [0.2, 0.25) is 0 Å². The van der Waals surface area contributed by atoms with Gasteiger partial charge >= 0.3 is 5.51 Å². The lowest BCUT2D eigenvalue weighted by Gasteiger charge is -2.20. The van der Waals surface area contributed by atoms with E-state index in [0.717, 1.165) is 6.07 Å². The van der Waals surface area contributed by atoms with E-state index in [2.05, 4.69) is 0 Å². The summed E-state index contributed by atoms with van der Waals surface area (Å²) in [5, 5.41) is 19.3. The van der Waals surface area contributed by atoms with E-state index in [0.29, 0.717) is 6.07 Å². The van der Waals surface area contributed by atoms with Crippen molar-refractivity contribution in [1.29, 1.82) is 0 Å². The molecule has 1 aromatic carbocycles. The fourth-order valence-corrected chi connectivity index (χ4v) is 3.42. The summed E-state index contributed by atoms with van der Waals surface area (Å²) in [5.74, 6) is -4.18. The molecular formula is C14H15F5O5S. The molecule has 0 saturated heterocycles. The second-order valence-corrected chi connectivity index (χ2v) is 8.25. The molecule has 0 aliphatic heterocycles. The lowest BCUT2D eigenvalue weighted by molar-refractivity contribution is -0.0978. The van der Waals surface area contributed by atoms with Crippen LogP contribution < -0.4 is 4.74 Å². The fourth-order valence-electron chi connectivity index (χ4n) is 2.40. The molecule has 0 aromatic heterocycles. The van der Waals surface area contributed by atoms with Gasteiger partial charge < -0.3 is 14.9 Å². The Labute approximate surface area is 140 Å². The molecule has 2 N–H and O–H groups in total. The van der Waals surface area contributed by atoms with Crippen LogP contribution in [0.15, 0.2) is 17.0 Å². The van der Waals surface area contributed by atoms with E-state index >= 15 is 0 Å². The van der Waals surface area contributed by atoms with Crippen LogP contribution in [0.25, 0.3) is 0 Å². The number of hydrogen-bond donors (Lipinski definition) is 2. The van der Waals surface area contributed by atoms with E-state index in [9.17, 15) is 40.6 Å². The standard InChI is InChI=1S/C14H15F5O5S/c1-12(2,21)6-24-8-3-4-9(25(22,23)14(17,18)19)10-7(8)5-13(15,16)11(10)20/h3-4,11,20-21H,5-6H2,1-2H3/t11-/m0/s1. The first-order valence-electron chi connectivity index (χ1n) is 6.96. The number of hydrogen-bond acceptors (Lipinski definition) is 5. The molecule has 0 bridgehead atoms. The van der Waals surface area contributed by atoms with Crippen LogP contribution in [0.4, 0.5) is 22.0 Å². The van der Waals surface area contributed by atoms with Crippen molar-refractivity contribution in [1.82, 2.24) is 0 Å². The molecule has 0 heterocycles. The molecule has 11 heteroatoms. The highest BCUT2D eigenvalue weighted by Gasteiger charge is 2.55. The Hall–Kier alpha value is -1.46. The Morgan fingerprint density at radius 2 is 1.84 bits per heavy atom. The van der Waals surface area contributed by atoms with E-state index in [1.54, 1.807) is 0 Å². The second kappa shape index (κ2) is 5.78. The van der Waals surface area contributed by atoms with Gasteiger partial charge in [0.2, 0.25) is 0 Å². The maximum Gasteiger partial charge on any atom is 0.501 e. The summed E-state index contributed by atoms with van der Waals surface area (Å²) >= 11 is 0. The van der Waals surface area contributed by atoms with Gasteiger partial charge in [0.05, 0.1) is 10.5 Å². The number of aliphatic hydroxyl groups is 2. The smallest absolute Gasteiger partial charge is 0.490 e. The van der Waals surface area contributed by atoms with Crippen LogP contribution in [0.5, 0.6) is 5.75 Å². The van der Waals surface area contributed by atoms with Crippen molar-refractivity contribution in [2.75, 3.05) is 6.61 Å². The Balaban J connectivity index is 2.63. The van der Waals surface area contributed by atoms with Crippen LogP contribution in [-0.2, 0) is 16.3 Å². The van der Waals surface area contributed by atoms with E-state index < -0.39 is 55.4 Å². The van der Waals surface area contributed by atoms with Crippen LogP contribution >= 0.6 is 0 Å². The minimum atomic E-state index is -5.94. The van der Waals surface area contributed by atoms with Gasteiger partial charge in [-0.3, -0.25) is 0 Å². The van der Waals surface area contributed by atoms with Gasteiger partial charge in [0.25, 0.3) is 15.8 Å². The predicted octanol–water partition coefficient (Wildman–Crippen LogP) is 2.35. The molecule has 0 radical (unpaired) electrons. The normalized spacial score (nSPS) is 20.4. The molecule has 0 spiro atoms. The summed E-state index contributed by atoms with van der Waals surface area (Å²) in [5.41, 5.74) is -8.65. The molecule has 142 valence electrons. The van der Waals surface area contributed by atoms with Crippen molar-refractivity contribution in [3.8, 4) is 5.75 Å². The number of halogens is 5. The largest absolute Gasteiger partial charge is 0.501 e. The van der Waals surface area contributed by atoms with E-state index in [1.807, 2.05) is 0 Å². The van der Waals surface area contributed by atoms with Gasteiger partial charge in [-0.05, 0) is 26.0 Å². The Morgan fingerprint density at radius 1 is 1.28 bits per heavy atom. The van der Waals surface area contributed by atoms with Gasteiger partial charge in [-0.25, -0.2) is 17.2 Å². The molecule has 1 aromatic rings. The zero-order valence-electron chi connectivity index (χ0n) is 13.1. The highest BCUT2D eigenvalue weighted by atomic mass is 32.2. The molecule has 0 amide bonds. The first-order valence-corrected chi connectivity index (χ1v) is 8.44. The van der Waals surface area contributed by atoms with Crippen molar-refractivity contribution in [2.24, 2.45) is 0 Å². The first kappa shape index (κ1) is 19.9. The molecule has 1 atom stereocenters. The van der Waals surface area contributed by atoms with Crippen molar-refractivity contribution >= 4 is 9.84 Å². The topological polar surface area (TPSA) is 83.8 Å². The summed E-state index contributed by atoms with van der Waals surface area (Å²) in [6.45, 7) is 2.31. The van der Waals surface area contributed by atoms with Gasteiger partial charge in [0.1, 0.15) is 18.5 Å². The lowest BCUT2D eigenvalue weighted by Crippen LogP contribution is -2.28. The minimum Gasteiger partial charge on any atom is -0.490 e. The zero-order valence-corrected chi connectivity index (χ0v) is 13.9. The second-order valence-electron chi connectivity index (χ2n) is 6.34. The molecular weight excluding hydrogens is 375 g/mol. The third kappa shape index (κ3) is 3.58. The summed E-state index contributed by atoms with van der Waals surface area (Å²) < 4.78 is 94.4. The van der Waals surface area contributed by atoms with E-state index in [1.165, 1.54) is 13.8 Å². The van der Waals surface area contributed by atoms with Gasteiger partial charge in [-0.2, -0.15) is 13.2 Å². The van der Waals surface area contributed by atoms with Gasteiger partial charge in [0.15, 0.2) is 0 Å². The zero-order chi connectivity index (χ0) is 19.4. The Kier molecular flexibility index (Phi) is 4.59. The quantitative estimate of drug-likeness (QED) is 0.772. The average Bonchev–Trinajstić information content (AvgIpc) is 2.65. The highest BCUT2D eigenvalue weighted by molar-refractivity contribution is 7.92. The lowest BCUT2D eigenvalue weighted by atomic mass is 10.1. The number of benzene rings is 1. The minimum absolute atomic E-state index is 0.325. The third-order valence-corrected chi connectivity index (χ3v) is 5.08. The monoisotopic (exact) mass is 390 g/mol. The maximum absolute atomic E-state index is 13.8. The molecule has 0 fully saturated rings. The predicted molar refractivity (Wildman–Crippen MR) is 75.1 cm³/mol. The molecule has 0 saturated carbocycles. The number of fused-ring (bicyclic) bond motifs is 1. The molecule has 5 nitrogen and oxygen atoms in total. The number of ether oxygens (including phenoxy) is 1.